The largest absolute Gasteiger partial charge is 0.362 e. The molecule has 3 amide bonds. The second-order valence-corrected chi connectivity index (χ2v) is 4.30. The molecule has 0 aromatic heterocycles. The van der Waals surface area contributed by atoms with Crippen LogP contribution in [-0.4, -0.2) is 53.4 Å². The third-order valence-electron chi connectivity index (χ3n) is 3.02. The van der Waals surface area contributed by atoms with Gasteiger partial charge in [-0.25, -0.2) is 9.79 Å². The Morgan fingerprint density at radius 3 is 2.65 bits per heavy atom. The molecule has 0 aromatic carbocycles. The maximum Gasteiger partial charge on any atom is 0.328 e. The summed E-state index contributed by atoms with van der Waals surface area (Å²) >= 11 is 0. The van der Waals surface area contributed by atoms with Crippen LogP contribution in [0.3, 0.4) is 0 Å². The zero-order valence-corrected chi connectivity index (χ0v) is 10.2. The van der Waals surface area contributed by atoms with Gasteiger partial charge in [0.05, 0.1) is 6.34 Å². The van der Waals surface area contributed by atoms with Crippen LogP contribution >= 0.6 is 0 Å². The fourth-order valence-corrected chi connectivity index (χ4v) is 2.26. The van der Waals surface area contributed by atoms with E-state index in [1.807, 2.05) is 13.8 Å². The molecule has 0 bridgehead atoms. The first-order valence-electron chi connectivity index (χ1n) is 6.10. The Kier molecular flexibility index (Phi) is 3.31. The number of fused-ring (bicyclic) bond motifs is 1. The van der Waals surface area contributed by atoms with E-state index in [0.717, 1.165) is 12.8 Å². The van der Waals surface area contributed by atoms with Gasteiger partial charge in [0, 0.05) is 13.1 Å². The molecule has 2 aliphatic heterocycles. The van der Waals surface area contributed by atoms with Gasteiger partial charge in [0.1, 0.15) is 6.04 Å². The second kappa shape index (κ2) is 4.73. The van der Waals surface area contributed by atoms with E-state index in [2.05, 4.69) is 10.3 Å². The lowest BCUT2D eigenvalue weighted by molar-refractivity contribution is -0.134. The lowest BCUT2D eigenvalue weighted by Crippen LogP contribution is -2.65. The molecule has 1 N–H and O–H groups in total. The van der Waals surface area contributed by atoms with Gasteiger partial charge in [-0.1, -0.05) is 13.8 Å². The molecule has 0 radical (unpaired) electrons. The highest BCUT2D eigenvalue weighted by atomic mass is 16.2. The number of hydrogen-bond donors (Lipinski definition) is 1. The fourth-order valence-electron chi connectivity index (χ4n) is 2.26. The number of amides is 3. The van der Waals surface area contributed by atoms with E-state index in [-0.39, 0.29) is 18.1 Å². The summed E-state index contributed by atoms with van der Waals surface area (Å²) in [6.07, 6.45) is 2.80. The zero-order chi connectivity index (χ0) is 12.4. The molecule has 2 aliphatic rings. The Labute approximate surface area is 101 Å². The number of nitrogens with one attached hydrogen (secondary N) is 1. The average Bonchev–Trinajstić information content (AvgIpc) is 2.79. The lowest BCUT2D eigenvalue weighted by atomic mass is 10.1. The van der Waals surface area contributed by atoms with Gasteiger partial charge in [0.2, 0.25) is 0 Å². The summed E-state index contributed by atoms with van der Waals surface area (Å²) in [5.74, 6) is -0.160. The third-order valence-corrected chi connectivity index (χ3v) is 3.02. The maximum atomic E-state index is 12.2. The summed E-state index contributed by atoms with van der Waals surface area (Å²) in [6, 6.07) is -0.605. The Hall–Kier alpha value is -1.59. The predicted molar refractivity (Wildman–Crippen MR) is 63.6 cm³/mol. The number of imide groups is 1. The number of rotatable bonds is 4. The van der Waals surface area contributed by atoms with E-state index < -0.39 is 6.04 Å². The van der Waals surface area contributed by atoms with Crippen molar-refractivity contribution in [1.29, 1.82) is 0 Å². The molecular weight excluding hydrogens is 220 g/mol. The standard InChI is InChI=1S/C11H18N4O2/c1-3-5-14-9-8(12-7-13-9)10(16)15(6-4-2)11(14)17/h7-9H,3-6H2,1-2H3,(H,12,13)/t8-,9+/m1/s1. The van der Waals surface area contributed by atoms with Crippen LogP contribution in [0.4, 0.5) is 4.79 Å². The minimum Gasteiger partial charge on any atom is -0.362 e. The van der Waals surface area contributed by atoms with Gasteiger partial charge in [-0.3, -0.25) is 14.6 Å². The van der Waals surface area contributed by atoms with Crippen molar-refractivity contribution in [2.75, 3.05) is 13.1 Å². The molecule has 6 heteroatoms. The number of carbonyl (C=O) groups excluding carboxylic acids is 2. The van der Waals surface area contributed by atoms with Crippen molar-refractivity contribution in [1.82, 2.24) is 15.1 Å². The fraction of sp³-hybridized carbons (Fsp3) is 0.727. The molecule has 6 nitrogen and oxygen atoms in total. The number of carbonyl (C=O) groups is 2. The van der Waals surface area contributed by atoms with Crippen molar-refractivity contribution in [3.05, 3.63) is 0 Å². The maximum absolute atomic E-state index is 12.2. The summed E-state index contributed by atoms with van der Waals surface area (Å²) in [6.45, 7) is 5.07. The third kappa shape index (κ3) is 1.87. The van der Waals surface area contributed by atoms with Crippen molar-refractivity contribution in [3.8, 4) is 0 Å². The molecule has 0 aliphatic carbocycles. The second-order valence-electron chi connectivity index (χ2n) is 4.30. The smallest absolute Gasteiger partial charge is 0.328 e. The first kappa shape index (κ1) is 11.9. The molecule has 1 saturated heterocycles. The Bertz CT molecular complexity index is 355. The van der Waals surface area contributed by atoms with Crippen LogP contribution in [0.5, 0.6) is 0 Å². The van der Waals surface area contributed by atoms with Crippen molar-refractivity contribution < 1.29 is 9.59 Å². The van der Waals surface area contributed by atoms with Gasteiger partial charge < -0.3 is 5.32 Å². The van der Waals surface area contributed by atoms with Gasteiger partial charge in [-0.2, -0.15) is 0 Å². The van der Waals surface area contributed by atoms with E-state index in [1.165, 1.54) is 11.2 Å². The van der Waals surface area contributed by atoms with Crippen LogP contribution in [-0.2, 0) is 4.79 Å². The number of nitrogens with zero attached hydrogens (tertiary/aromatic N) is 3. The summed E-state index contributed by atoms with van der Waals surface area (Å²) in [5, 5.41) is 2.93. The molecule has 2 heterocycles. The highest BCUT2D eigenvalue weighted by Gasteiger charge is 2.47. The van der Waals surface area contributed by atoms with Crippen LogP contribution in [0.15, 0.2) is 4.99 Å². The van der Waals surface area contributed by atoms with Crippen LogP contribution in [0.25, 0.3) is 0 Å². The Morgan fingerprint density at radius 1 is 1.29 bits per heavy atom. The van der Waals surface area contributed by atoms with Crippen LogP contribution in [0, 0.1) is 0 Å². The minimum atomic E-state index is -0.397. The van der Waals surface area contributed by atoms with Gasteiger partial charge in [-0.15, -0.1) is 0 Å². The first-order chi connectivity index (χ1) is 8.20. The number of hydrogen-bond acceptors (Lipinski definition) is 4. The number of urea groups is 1. The van der Waals surface area contributed by atoms with Crippen molar-refractivity contribution in [3.63, 3.8) is 0 Å². The lowest BCUT2D eigenvalue weighted by Gasteiger charge is -2.40. The SMILES string of the molecule is CCCN1C(=O)[C@@H]2NC=N[C@H]2N(CCC)C1=O. The molecule has 1 fully saturated rings. The Balaban J connectivity index is 2.23. The summed E-state index contributed by atoms with van der Waals surface area (Å²) in [7, 11) is 0. The zero-order valence-electron chi connectivity index (χ0n) is 10.2. The van der Waals surface area contributed by atoms with E-state index in [4.69, 9.17) is 0 Å². The summed E-state index contributed by atoms with van der Waals surface area (Å²) in [4.78, 5) is 31.5. The molecule has 0 unspecified atom stereocenters. The van der Waals surface area contributed by atoms with Crippen LogP contribution in [0.2, 0.25) is 0 Å². The van der Waals surface area contributed by atoms with Crippen LogP contribution < -0.4 is 5.32 Å². The van der Waals surface area contributed by atoms with E-state index >= 15 is 0 Å². The summed E-state index contributed by atoms with van der Waals surface area (Å²) in [5.41, 5.74) is 0. The van der Waals surface area contributed by atoms with E-state index in [9.17, 15) is 9.59 Å². The highest BCUT2D eigenvalue weighted by molar-refractivity contribution is 6.02. The normalized spacial score (nSPS) is 27.4. The molecule has 0 spiro atoms. The predicted octanol–water partition coefficient (Wildman–Crippen LogP) is 0.397. The molecule has 2 rings (SSSR count). The van der Waals surface area contributed by atoms with Gasteiger partial charge >= 0.3 is 6.03 Å². The molecule has 2 atom stereocenters. The molecule has 94 valence electrons. The van der Waals surface area contributed by atoms with Gasteiger partial charge in [0.15, 0.2) is 6.17 Å². The van der Waals surface area contributed by atoms with Gasteiger partial charge in [-0.05, 0) is 12.8 Å². The molecule has 0 saturated carbocycles. The molecular formula is C11H18N4O2. The van der Waals surface area contributed by atoms with Crippen molar-refractivity contribution in [2.45, 2.75) is 38.9 Å². The first-order valence-corrected chi connectivity index (χ1v) is 6.10. The highest BCUT2D eigenvalue weighted by Crippen LogP contribution is 2.21. The molecule has 17 heavy (non-hydrogen) atoms. The number of aliphatic imine (C=N–C) groups is 1. The Morgan fingerprint density at radius 2 is 2.00 bits per heavy atom. The minimum absolute atomic E-state index is 0.160. The van der Waals surface area contributed by atoms with Crippen LogP contribution in [0.1, 0.15) is 26.7 Å². The van der Waals surface area contributed by atoms with Crippen molar-refractivity contribution in [2.24, 2.45) is 4.99 Å². The monoisotopic (exact) mass is 238 g/mol. The topological polar surface area (TPSA) is 65.0 Å². The van der Waals surface area contributed by atoms with Crippen molar-refractivity contribution >= 4 is 18.3 Å². The molecule has 0 aromatic rings. The van der Waals surface area contributed by atoms with E-state index in [1.54, 1.807) is 4.90 Å². The quantitative estimate of drug-likeness (QED) is 0.771. The van der Waals surface area contributed by atoms with Gasteiger partial charge in [0.25, 0.3) is 5.91 Å². The summed E-state index contributed by atoms with van der Waals surface area (Å²) < 4.78 is 0. The van der Waals surface area contributed by atoms with E-state index in [0.29, 0.717) is 13.1 Å². The average molecular weight is 238 g/mol.